The second-order valence-corrected chi connectivity index (χ2v) is 6.36. The van der Waals surface area contributed by atoms with Gasteiger partial charge in [0, 0.05) is 5.30 Å². The van der Waals surface area contributed by atoms with Crippen molar-refractivity contribution in [3.63, 3.8) is 0 Å². The Hall–Kier alpha value is -1.08. The molecule has 0 aromatic heterocycles. The molecule has 0 unspecified atom stereocenters. The highest BCUT2D eigenvalue weighted by molar-refractivity contribution is 7.70. The van der Waals surface area contributed by atoms with Gasteiger partial charge in [0.1, 0.15) is 7.14 Å². The van der Waals surface area contributed by atoms with Gasteiger partial charge in [0.25, 0.3) is 0 Å². The van der Waals surface area contributed by atoms with Crippen molar-refractivity contribution in [1.29, 1.82) is 0 Å². The highest BCUT2D eigenvalue weighted by Crippen LogP contribution is 2.35. The summed E-state index contributed by atoms with van der Waals surface area (Å²) in [6.45, 7) is 3.13. The number of carboxylic acid groups (broad SMARTS) is 1. The van der Waals surface area contributed by atoms with Crippen molar-refractivity contribution in [1.82, 2.24) is 0 Å². The first kappa shape index (κ1) is 10.0. The van der Waals surface area contributed by atoms with Gasteiger partial charge in [-0.25, -0.2) is 4.79 Å². The smallest absolute Gasteiger partial charge is 0.336 e. The van der Waals surface area contributed by atoms with E-state index in [1.54, 1.807) is 31.5 Å². The Morgan fingerprint density at radius 1 is 1.31 bits per heavy atom. The highest BCUT2D eigenvalue weighted by Gasteiger charge is 2.18. The number of hydrogen-bond donors (Lipinski definition) is 1. The topological polar surface area (TPSA) is 54.4 Å². The standard InChI is InChI=1S/C9H11O3P/c1-13(2,12)8-6-4-3-5-7(8)9(10)11/h3-6H,1-2H3,(H,10,11). The van der Waals surface area contributed by atoms with Gasteiger partial charge in [-0.05, 0) is 19.4 Å². The predicted octanol–water partition coefficient (Wildman–Crippen LogP) is 1.63. The van der Waals surface area contributed by atoms with E-state index < -0.39 is 13.1 Å². The third-order valence-corrected chi connectivity index (χ3v) is 3.26. The van der Waals surface area contributed by atoms with Gasteiger partial charge in [-0.3, -0.25) is 0 Å². The molecule has 4 heteroatoms. The molecule has 0 aliphatic rings. The summed E-state index contributed by atoms with van der Waals surface area (Å²) in [6, 6.07) is 6.39. The van der Waals surface area contributed by atoms with Crippen LogP contribution in [0, 0.1) is 0 Å². The van der Waals surface area contributed by atoms with Gasteiger partial charge in [-0.2, -0.15) is 0 Å². The number of carboxylic acids is 1. The first-order valence-corrected chi connectivity index (χ1v) is 6.41. The molecule has 0 fully saturated rings. The van der Waals surface area contributed by atoms with Crippen molar-refractivity contribution in [2.24, 2.45) is 0 Å². The van der Waals surface area contributed by atoms with Crippen molar-refractivity contribution in [3.8, 4) is 0 Å². The van der Waals surface area contributed by atoms with Gasteiger partial charge in [-0.15, -0.1) is 0 Å². The van der Waals surface area contributed by atoms with E-state index >= 15 is 0 Å². The number of carbonyl (C=O) groups is 1. The van der Waals surface area contributed by atoms with Gasteiger partial charge in [0.15, 0.2) is 0 Å². The summed E-state index contributed by atoms with van der Waals surface area (Å²) < 4.78 is 11.7. The van der Waals surface area contributed by atoms with E-state index in [0.29, 0.717) is 5.30 Å². The van der Waals surface area contributed by atoms with Crippen molar-refractivity contribution in [3.05, 3.63) is 29.8 Å². The molecule has 0 aliphatic carbocycles. The molecule has 1 aromatic carbocycles. The monoisotopic (exact) mass is 198 g/mol. The number of benzene rings is 1. The molecular formula is C9H11O3P. The van der Waals surface area contributed by atoms with Crippen LogP contribution in [0.15, 0.2) is 24.3 Å². The fourth-order valence-corrected chi connectivity index (χ4v) is 2.32. The van der Waals surface area contributed by atoms with E-state index in [1.165, 1.54) is 6.07 Å². The number of hydrogen-bond acceptors (Lipinski definition) is 2. The van der Waals surface area contributed by atoms with E-state index in [0.717, 1.165) is 0 Å². The summed E-state index contributed by atoms with van der Waals surface area (Å²) in [5, 5.41) is 9.24. The third kappa shape index (κ3) is 2.19. The molecule has 0 atom stereocenters. The van der Waals surface area contributed by atoms with Crippen molar-refractivity contribution in [2.45, 2.75) is 0 Å². The largest absolute Gasteiger partial charge is 0.478 e. The van der Waals surface area contributed by atoms with Crippen LogP contribution in [-0.4, -0.2) is 24.4 Å². The molecule has 1 rings (SSSR count). The maximum Gasteiger partial charge on any atom is 0.336 e. The summed E-state index contributed by atoms with van der Waals surface area (Å²) >= 11 is 0. The lowest BCUT2D eigenvalue weighted by Gasteiger charge is -2.09. The van der Waals surface area contributed by atoms with Gasteiger partial charge in [0.2, 0.25) is 0 Å². The van der Waals surface area contributed by atoms with Crippen LogP contribution < -0.4 is 5.30 Å². The van der Waals surface area contributed by atoms with Crippen molar-refractivity contribution in [2.75, 3.05) is 13.3 Å². The normalized spacial score (nSPS) is 11.2. The lowest BCUT2D eigenvalue weighted by Crippen LogP contribution is -2.14. The van der Waals surface area contributed by atoms with Crippen LogP contribution in [-0.2, 0) is 4.57 Å². The summed E-state index contributed by atoms with van der Waals surface area (Å²) in [4.78, 5) is 10.7. The molecule has 0 bridgehead atoms. The van der Waals surface area contributed by atoms with E-state index in [-0.39, 0.29) is 5.56 Å². The molecule has 3 nitrogen and oxygen atoms in total. The molecule has 0 aliphatic heterocycles. The maximum absolute atomic E-state index is 11.7. The summed E-state index contributed by atoms with van der Waals surface area (Å²) in [6.07, 6.45) is 0. The molecule has 0 amide bonds. The predicted molar refractivity (Wildman–Crippen MR) is 52.5 cm³/mol. The van der Waals surface area contributed by atoms with Gasteiger partial charge in [-0.1, -0.05) is 18.2 Å². The van der Waals surface area contributed by atoms with Crippen LogP contribution in [0.2, 0.25) is 0 Å². The minimum absolute atomic E-state index is 0.135. The van der Waals surface area contributed by atoms with Crippen LogP contribution in [0.5, 0.6) is 0 Å². The van der Waals surface area contributed by atoms with Gasteiger partial charge in [0.05, 0.1) is 5.56 Å². The molecular weight excluding hydrogens is 187 g/mol. The van der Waals surface area contributed by atoms with Gasteiger partial charge < -0.3 is 9.67 Å². The number of aromatic carboxylic acids is 1. The average Bonchev–Trinajstić information content (AvgIpc) is 2.03. The van der Waals surface area contributed by atoms with Crippen LogP contribution in [0.3, 0.4) is 0 Å². The molecule has 0 radical (unpaired) electrons. The Balaban J connectivity index is 3.37. The highest BCUT2D eigenvalue weighted by atomic mass is 31.2. The van der Waals surface area contributed by atoms with Crippen LogP contribution in [0.25, 0.3) is 0 Å². The van der Waals surface area contributed by atoms with E-state index in [2.05, 4.69) is 0 Å². The quantitative estimate of drug-likeness (QED) is 0.735. The zero-order chi connectivity index (χ0) is 10.1. The Morgan fingerprint density at radius 2 is 1.85 bits per heavy atom. The second kappa shape index (κ2) is 3.35. The minimum Gasteiger partial charge on any atom is -0.478 e. The molecule has 1 N–H and O–H groups in total. The molecule has 0 saturated heterocycles. The molecule has 0 spiro atoms. The van der Waals surface area contributed by atoms with E-state index in [4.69, 9.17) is 5.11 Å². The van der Waals surface area contributed by atoms with E-state index in [1.807, 2.05) is 0 Å². The molecule has 13 heavy (non-hydrogen) atoms. The lowest BCUT2D eigenvalue weighted by molar-refractivity contribution is 0.0698. The summed E-state index contributed by atoms with van der Waals surface area (Å²) in [7, 11) is -2.49. The first-order chi connectivity index (χ1) is 5.93. The SMILES string of the molecule is CP(C)(=O)c1ccccc1C(=O)O. The third-order valence-electron chi connectivity index (χ3n) is 1.71. The lowest BCUT2D eigenvalue weighted by atomic mass is 10.2. The number of rotatable bonds is 2. The Morgan fingerprint density at radius 3 is 2.23 bits per heavy atom. The summed E-state index contributed by atoms with van der Waals surface area (Å²) in [5.74, 6) is -1.03. The van der Waals surface area contributed by atoms with Crippen molar-refractivity contribution >= 4 is 18.4 Å². The summed E-state index contributed by atoms with van der Waals surface area (Å²) in [5.41, 5.74) is 0.135. The van der Waals surface area contributed by atoms with Gasteiger partial charge >= 0.3 is 5.97 Å². The van der Waals surface area contributed by atoms with E-state index in [9.17, 15) is 9.36 Å². The molecule has 1 aromatic rings. The Bertz CT molecular complexity index is 378. The van der Waals surface area contributed by atoms with Crippen LogP contribution in [0.1, 0.15) is 10.4 Å². The fraction of sp³-hybridized carbons (Fsp3) is 0.222. The van der Waals surface area contributed by atoms with Crippen LogP contribution in [0.4, 0.5) is 0 Å². The van der Waals surface area contributed by atoms with Crippen molar-refractivity contribution < 1.29 is 14.5 Å². The maximum atomic E-state index is 11.7. The Labute approximate surface area is 76.8 Å². The molecule has 0 heterocycles. The molecule has 0 saturated carbocycles. The first-order valence-electron chi connectivity index (χ1n) is 3.81. The minimum atomic E-state index is -2.49. The zero-order valence-electron chi connectivity index (χ0n) is 7.52. The zero-order valence-corrected chi connectivity index (χ0v) is 8.41. The fourth-order valence-electron chi connectivity index (χ4n) is 1.12. The van der Waals surface area contributed by atoms with Crippen LogP contribution >= 0.6 is 7.14 Å². The second-order valence-electron chi connectivity index (χ2n) is 3.17. The Kier molecular flexibility index (Phi) is 2.58. The average molecular weight is 198 g/mol. The molecule has 70 valence electrons.